The highest BCUT2D eigenvalue weighted by Gasteiger charge is 2.35. The van der Waals surface area contributed by atoms with E-state index in [2.05, 4.69) is 147 Å². The Balaban J connectivity index is 1.37. The molecule has 0 aliphatic carbocycles. The number of rotatable bonds is 2. The fraction of sp³-hybridized carbons (Fsp3) is 0.0500. The molecule has 0 bridgehead atoms. The third kappa shape index (κ3) is 3.04. The van der Waals surface area contributed by atoms with Crippen molar-refractivity contribution < 1.29 is 0 Å². The second-order valence-corrected chi connectivity index (χ2v) is 16.4. The van der Waals surface area contributed by atoms with Crippen LogP contribution in [-0.4, -0.2) is 8.07 Å². The fourth-order valence-electron chi connectivity index (χ4n) is 7.70. The van der Waals surface area contributed by atoms with Crippen LogP contribution < -0.4 is 10.4 Å². The smallest absolute Gasteiger partial charge is 0.0623 e. The van der Waals surface area contributed by atoms with Gasteiger partial charge in [-0.3, -0.25) is 0 Å². The summed E-state index contributed by atoms with van der Waals surface area (Å²) in [7, 11) is -1.83. The van der Waals surface area contributed by atoms with Crippen LogP contribution in [0.1, 0.15) is 0 Å². The van der Waals surface area contributed by atoms with Crippen molar-refractivity contribution in [2.24, 2.45) is 0 Å². The molecule has 1 heteroatoms. The highest BCUT2D eigenvalue weighted by atomic mass is 28.3. The second-order valence-electron chi connectivity index (χ2n) is 12.1. The quantitative estimate of drug-likeness (QED) is 0.152. The lowest BCUT2D eigenvalue weighted by atomic mass is 9.86. The molecule has 1 heterocycles. The summed E-state index contributed by atoms with van der Waals surface area (Å²) in [6.07, 6.45) is 0. The fourth-order valence-corrected chi connectivity index (χ4v) is 10.8. The van der Waals surface area contributed by atoms with Crippen molar-refractivity contribution in [1.29, 1.82) is 0 Å². The Morgan fingerprint density at radius 1 is 0.341 bits per heavy atom. The molecule has 0 unspecified atom stereocenters. The topological polar surface area (TPSA) is 0 Å². The van der Waals surface area contributed by atoms with Crippen LogP contribution in [0.2, 0.25) is 13.1 Å². The molecule has 0 saturated carbocycles. The SMILES string of the molecule is C[Si]1(C)c2ccccc2-c2cccc3c(-c4ccc5ccc6c(-c7ccccc7)ccc7ccc4c5c76)ccc1c23. The zero-order valence-corrected chi connectivity index (χ0v) is 24.2. The maximum absolute atomic E-state index is 2.51. The van der Waals surface area contributed by atoms with E-state index >= 15 is 0 Å². The molecule has 0 N–H and O–H groups in total. The van der Waals surface area contributed by atoms with Crippen molar-refractivity contribution in [1.82, 2.24) is 0 Å². The van der Waals surface area contributed by atoms with Gasteiger partial charge in [0.1, 0.15) is 8.07 Å². The minimum Gasteiger partial charge on any atom is -0.0623 e. The Morgan fingerprint density at radius 3 is 1.66 bits per heavy atom. The largest absolute Gasteiger partial charge is 0.113 e. The number of hydrogen-bond donors (Lipinski definition) is 0. The van der Waals surface area contributed by atoms with E-state index < -0.39 is 8.07 Å². The average molecular weight is 537 g/mol. The third-order valence-electron chi connectivity index (χ3n) is 9.64. The number of hydrogen-bond acceptors (Lipinski definition) is 0. The number of benzene rings is 8. The van der Waals surface area contributed by atoms with Gasteiger partial charge in [0.15, 0.2) is 0 Å². The van der Waals surface area contributed by atoms with Crippen LogP contribution >= 0.6 is 0 Å². The van der Waals surface area contributed by atoms with E-state index in [9.17, 15) is 0 Å². The molecule has 41 heavy (non-hydrogen) atoms. The number of fused-ring (bicyclic) bond motifs is 2. The minimum absolute atomic E-state index is 1.27. The molecule has 8 aromatic carbocycles. The molecule has 0 saturated heterocycles. The summed E-state index contributed by atoms with van der Waals surface area (Å²) in [5.41, 5.74) is 8.01. The standard InChI is InChI=1S/C40H28Si/c1-41(2)36-14-7-6-11-31(36)33-13-8-12-32-30(23-24-37(41)40(32)33)29-20-16-27-17-21-34-28(25-9-4-3-5-10-25)19-15-26-18-22-35(29)39(27)38(26)34/h3-24H,1-2H3. The van der Waals surface area contributed by atoms with Crippen LogP contribution in [-0.2, 0) is 0 Å². The molecular weight excluding hydrogens is 509 g/mol. The Kier molecular flexibility index (Phi) is 4.58. The molecule has 0 atom stereocenters. The van der Waals surface area contributed by atoms with Gasteiger partial charge < -0.3 is 0 Å². The van der Waals surface area contributed by atoms with E-state index in [1.807, 2.05) is 0 Å². The van der Waals surface area contributed by atoms with Gasteiger partial charge >= 0.3 is 0 Å². The summed E-state index contributed by atoms with van der Waals surface area (Å²) in [5, 5.41) is 13.9. The maximum atomic E-state index is 2.51. The van der Waals surface area contributed by atoms with Crippen molar-refractivity contribution in [3.63, 3.8) is 0 Å². The van der Waals surface area contributed by atoms with E-state index in [1.54, 1.807) is 10.4 Å². The maximum Gasteiger partial charge on any atom is 0.113 e. The van der Waals surface area contributed by atoms with E-state index in [-0.39, 0.29) is 0 Å². The first-order chi connectivity index (χ1) is 20.1. The summed E-state index contributed by atoms with van der Waals surface area (Å²) in [6, 6.07) is 50.2. The van der Waals surface area contributed by atoms with E-state index in [0.717, 1.165) is 0 Å². The van der Waals surface area contributed by atoms with Crippen molar-refractivity contribution >= 4 is 61.5 Å². The zero-order chi connectivity index (χ0) is 27.3. The van der Waals surface area contributed by atoms with Gasteiger partial charge in [-0.15, -0.1) is 0 Å². The predicted molar refractivity (Wildman–Crippen MR) is 181 cm³/mol. The molecule has 1 aliphatic rings. The van der Waals surface area contributed by atoms with Crippen molar-refractivity contribution in [2.45, 2.75) is 13.1 Å². The lowest BCUT2D eigenvalue weighted by Gasteiger charge is -2.34. The van der Waals surface area contributed by atoms with Crippen LogP contribution in [0.3, 0.4) is 0 Å². The molecule has 1 aliphatic heterocycles. The Morgan fingerprint density at radius 2 is 0.902 bits per heavy atom. The monoisotopic (exact) mass is 536 g/mol. The van der Waals surface area contributed by atoms with Crippen molar-refractivity contribution in [3.05, 3.63) is 133 Å². The van der Waals surface area contributed by atoms with Gasteiger partial charge in [-0.2, -0.15) is 0 Å². The molecule has 0 amide bonds. The zero-order valence-electron chi connectivity index (χ0n) is 23.2. The lowest BCUT2D eigenvalue weighted by molar-refractivity contribution is 1.62. The molecule has 0 aromatic heterocycles. The van der Waals surface area contributed by atoms with Gasteiger partial charge in [0.2, 0.25) is 0 Å². The van der Waals surface area contributed by atoms with E-state index in [0.29, 0.717) is 0 Å². The summed E-state index contributed by atoms with van der Waals surface area (Å²) in [4.78, 5) is 0. The molecule has 8 aromatic rings. The summed E-state index contributed by atoms with van der Waals surface area (Å²) in [5.74, 6) is 0. The molecule has 9 rings (SSSR count). The molecule has 0 nitrogen and oxygen atoms in total. The normalized spacial score (nSPS) is 13.8. The first-order valence-corrected chi connectivity index (χ1v) is 17.5. The first kappa shape index (κ1) is 23.0. The minimum atomic E-state index is -1.83. The highest BCUT2D eigenvalue weighted by molar-refractivity contribution is 7.03. The molecular formula is C40H28Si. The average Bonchev–Trinajstić information content (AvgIpc) is 3.02. The van der Waals surface area contributed by atoms with E-state index in [1.165, 1.54) is 76.5 Å². The van der Waals surface area contributed by atoms with Crippen LogP contribution in [0, 0.1) is 0 Å². The van der Waals surface area contributed by atoms with Gasteiger partial charge in [0.25, 0.3) is 0 Å². The predicted octanol–water partition coefficient (Wildman–Crippen LogP) is 9.87. The van der Waals surface area contributed by atoms with Crippen molar-refractivity contribution in [3.8, 4) is 33.4 Å². The molecule has 0 radical (unpaired) electrons. The van der Waals surface area contributed by atoms with Crippen LogP contribution in [0.4, 0.5) is 0 Å². The van der Waals surface area contributed by atoms with E-state index in [4.69, 9.17) is 0 Å². The Labute approximate surface area is 240 Å². The Hall–Kier alpha value is -4.72. The summed E-state index contributed by atoms with van der Waals surface area (Å²) >= 11 is 0. The van der Waals surface area contributed by atoms with Gasteiger partial charge in [-0.05, 0) is 86.8 Å². The molecule has 0 spiro atoms. The van der Waals surface area contributed by atoms with Gasteiger partial charge in [-0.1, -0.05) is 147 Å². The molecule has 0 fully saturated rings. The van der Waals surface area contributed by atoms with Crippen molar-refractivity contribution in [2.75, 3.05) is 0 Å². The Bertz CT molecular complexity index is 2330. The van der Waals surface area contributed by atoms with Gasteiger partial charge in [-0.25, -0.2) is 0 Å². The third-order valence-corrected chi connectivity index (χ3v) is 13.2. The highest BCUT2D eigenvalue weighted by Crippen LogP contribution is 2.44. The van der Waals surface area contributed by atoms with Crippen LogP contribution in [0.5, 0.6) is 0 Å². The van der Waals surface area contributed by atoms with Gasteiger partial charge in [0, 0.05) is 0 Å². The van der Waals surface area contributed by atoms with Crippen LogP contribution in [0.25, 0.3) is 76.5 Å². The summed E-state index contributed by atoms with van der Waals surface area (Å²) in [6.45, 7) is 5.02. The van der Waals surface area contributed by atoms with Crippen LogP contribution in [0.15, 0.2) is 133 Å². The second kappa shape index (κ2) is 8.16. The lowest BCUT2D eigenvalue weighted by Crippen LogP contribution is -2.55. The van der Waals surface area contributed by atoms with Gasteiger partial charge in [0.05, 0.1) is 0 Å². The summed E-state index contributed by atoms with van der Waals surface area (Å²) < 4.78 is 0. The first-order valence-electron chi connectivity index (χ1n) is 14.5. The molecule has 192 valence electrons.